The lowest BCUT2D eigenvalue weighted by atomic mass is 10.0. The van der Waals surface area contributed by atoms with Crippen LogP contribution in [0.1, 0.15) is 28.9 Å². The second-order valence-electron chi connectivity index (χ2n) is 5.84. The van der Waals surface area contributed by atoms with Crippen LogP contribution >= 0.6 is 27.3 Å². The van der Waals surface area contributed by atoms with Gasteiger partial charge in [-0.15, -0.1) is 11.3 Å². The Morgan fingerprint density at radius 1 is 1.46 bits per heavy atom. The molecule has 1 amide bonds. The van der Waals surface area contributed by atoms with Gasteiger partial charge in [-0.25, -0.2) is 4.68 Å². The highest BCUT2D eigenvalue weighted by atomic mass is 79.9. The number of halogens is 1. The Kier molecular flexibility index (Phi) is 5.35. The average Bonchev–Trinajstić information content (AvgIpc) is 3.02. The number of thiophene rings is 1. The number of rotatable bonds is 4. The molecule has 3 rings (SSSR count). The molecule has 1 unspecified atom stereocenters. The van der Waals surface area contributed by atoms with E-state index in [-0.39, 0.29) is 17.5 Å². The standard InChI is InChI=1S/C16H19BrN4O2S/c1-20-15(22)6-5-14(19-20)21-7-3-2-4-12(21)9-18-16(23)13-8-11(17)10-24-13/h5-6,8,10,12H,2-4,7,9H2,1H3,(H,18,23). The predicted octanol–water partition coefficient (Wildman–Crippen LogP) is 2.39. The van der Waals surface area contributed by atoms with Gasteiger partial charge in [-0.05, 0) is 47.3 Å². The van der Waals surface area contributed by atoms with Gasteiger partial charge >= 0.3 is 0 Å². The molecule has 0 spiro atoms. The van der Waals surface area contributed by atoms with Gasteiger partial charge in [0.1, 0.15) is 5.82 Å². The molecule has 0 saturated carbocycles. The third-order valence-electron chi connectivity index (χ3n) is 4.16. The molecule has 3 heterocycles. The maximum Gasteiger partial charge on any atom is 0.266 e. The third kappa shape index (κ3) is 3.87. The summed E-state index contributed by atoms with van der Waals surface area (Å²) in [6.07, 6.45) is 3.22. The van der Waals surface area contributed by atoms with Crippen LogP contribution in [-0.2, 0) is 7.05 Å². The number of aryl methyl sites for hydroxylation is 1. The molecule has 2 aromatic rings. The SMILES string of the molecule is Cn1nc(N2CCCCC2CNC(=O)c2cc(Br)cs2)ccc1=O. The third-order valence-corrected chi connectivity index (χ3v) is 5.85. The van der Waals surface area contributed by atoms with Crippen molar-refractivity contribution in [2.75, 3.05) is 18.0 Å². The Bertz CT molecular complexity index is 788. The molecule has 1 N–H and O–H groups in total. The molecule has 8 heteroatoms. The number of carbonyl (C=O) groups is 1. The van der Waals surface area contributed by atoms with E-state index in [1.807, 2.05) is 11.4 Å². The molecule has 0 aliphatic carbocycles. The first-order valence-corrected chi connectivity index (χ1v) is 9.55. The first-order chi connectivity index (χ1) is 11.5. The monoisotopic (exact) mass is 410 g/mol. The van der Waals surface area contributed by atoms with E-state index < -0.39 is 0 Å². The Balaban J connectivity index is 1.69. The summed E-state index contributed by atoms with van der Waals surface area (Å²) in [5, 5.41) is 9.27. The van der Waals surface area contributed by atoms with Gasteiger partial charge in [0.05, 0.1) is 4.88 Å². The van der Waals surface area contributed by atoms with Crippen molar-refractivity contribution in [2.24, 2.45) is 7.05 Å². The molecule has 1 aliphatic heterocycles. The van der Waals surface area contributed by atoms with Gasteiger partial charge in [-0.1, -0.05) is 0 Å². The summed E-state index contributed by atoms with van der Waals surface area (Å²) in [7, 11) is 1.65. The summed E-state index contributed by atoms with van der Waals surface area (Å²) in [6, 6.07) is 5.32. The fourth-order valence-electron chi connectivity index (χ4n) is 2.89. The Hall–Kier alpha value is -1.67. The second kappa shape index (κ2) is 7.48. The van der Waals surface area contributed by atoms with Crippen molar-refractivity contribution in [3.63, 3.8) is 0 Å². The fourth-order valence-corrected chi connectivity index (χ4v) is 4.23. The zero-order valence-electron chi connectivity index (χ0n) is 13.4. The largest absolute Gasteiger partial charge is 0.350 e. The molecule has 0 radical (unpaired) electrons. The van der Waals surface area contributed by atoms with Crippen LogP contribution in [0.15, 0.2) is 32.8 Å². The van der Waals surface area contributed by atoms with Crippen LogP contribution in [0, 0.1) is 0 Å². The lowest BCUT2D eigenvalue weighted by molar-refractivity contribution is 0.0953. The number of carbonyl (C=O) groups excluding carboxylic acids is 1. The minimum atomic E-state index is -0.121. The van der Waals surface area contributed by atoms with Crippen LogP contribution in [0.2, 0.25) is 0 Å². The van der Waals surface area contributed by atoms with Crippen molar-refractivity contribution in [3.8, 4) is 0 Å². The normalized spacial score (nSPS) is 17.8. The lowest BCUT2D eigenvalue weighted by Gasteiger charge is -2.36. The zero-order chi connectivity index (χ0) is 17.1. The number of amides is 1. The van der Waals surface area contributed by atoms with Crippen molar-refractivity contribution in [3.05, 3.63) is 43.3 Å². The van der Waals surface area contributed by atoms with E-state index in [1.165, 1.54) is 22.1 Å². The van der Waals surface area contributed by atoms with Gasteiger partial charge in [0.25, 0.3) is 11.5 Å². The molecule has 1 saturated heterocycles. The molecule has 1 aliphatic rings. The minimum Gasteiger partial charge on any atom is -0.350 e. The first kappa shape index (κ1) is 17.2. The Morgan fingerprint density at radius 2 is 2.29 bits per heavy atom. The maximum atomic E-state index is 12.2. The average molecular weight is 411 g/mol. The summed E-state index contributed by atoms with van der Waals surface area (Å²) >= 11 is 4.79. The Labute approximate surface area is 152 Å². The highest BCUT2D eigenvalue weighted by Crippen LogP contribution is 2.23. The highest BCUT2D eigenvalue weighted by Gasteiger charge is 2.24. The van der Waals surface area contributed by atoms with E-state index in [0.29, 0.717) is 11.4 Å². The zero-order valence-corrected chi connectivity index (χ0v) is 15.8. The van der Waals surface area contributed by atoms with Crippen LogP contribution in [0.5, 0.6) is 0 Å². The van der Waals surface area contributed by atoms with Gasteiger partial charge in [0.2, 0.25) is 0 Å². The van der Waals surface area contributed by atoms with Crippen LogP contribution < -0.4 is 15.8 Å². The van der Waals surface area contributed by atoms with Crippen LogP contribution in [0.3, 0.4) is 0 Å². The fraction of sp³-hybridized carbons (Fsp3) is 0.438. The van der Waals surface area contributed by atoms with Crippen LogP contribution in [-0.4, -0.2) is 34.8 Å². The number of aromatic nitrogens is 2. The molecule has 0 bridgehead atoms. The quantitative estimate of drug-likeness (QED) is 0.839. The van der Waals surface area contributed by atoms with Gasteiger partial charge < -0.3 is 10.2 Å². The summed E-state index contributed by atoms with van der Waals surface area (Å²) in [5.41, 5.74) is -0.121. The van der Waals surface area contributed by atoms with Crippen molar-refractivity contribution >= 4 is 39.0 Å². The molecular formula is C16H19BrN4O2S. The smallest absolute Gasteiger partial charge is 0.266 e. The number of hydrogen-bond acceptors (Lipinski definition) is 5. The van der Waals surface area contributed by atoms with Gasteiger partial charge in [-0.3, -0.25) is 9.59 Å². The molecule has 1 atom stereocenters. The molecule has 24 heavy (non-hydrogen) atoms. The van der Waals surface area contributed by atoms with Crippen molar-refractivity contribution in [1.29, 1.82) is 0 Å². The molecule has 128 valence electrons. The number of piperidine rings is 1. The van der Waals surface area contributed by atoms with Crippen molar-refractivity contribution < 1.29 is 4.79 Å². The van der Waals surface area contributed by atoms with Gasteiger partial charge in [0.15, 0.2) is 0 Å². The molecule has 2 aromatic heterocycles. The first-order valence-electron chi connectivity index (χ1n) is 7.88. The van der Waals surface area contributed by atoms with Crippen LogP contribution in [0.4, 0.5) is 5.82 Å². The summed E-state index contributed by atoms with van der Waals surface area (Å²) in [4.78, 5) is 26.7. The van der Waals surface area contributed by atoms with E-state index in [9.17, 15) is 9.59 Å². The second-order valence-corrected chi connectivity index (χ2v) is 7.66. The van der Waals surface area contributed by atoms with Gasteiger partial charge in [-0.2, -0.15) is 5.10 Å². The van der Waals surface area contributed by atoms with Crippen molar-refractivity contribution in [1.82, 2.24) is 15.1 Å². The highest BCUT2D eigenvalue weighted by molar-refractivity contribution is 9.10. The summed E-state index contributed by atoms with van der Waals surface area (Å²) < 4.78 is 2.27. The number of nitrogens with one attached hydrogen (secondary N) is 1. The lowest BCUT2D eigenvalue weighted by Crippen LogP contribution is -2.47. The summed E-state index contributed by atoms with van der Waals surface area (Å²) in [5.74, 6) is 0.736. The maximum absolute atomic E-state index is 12.2. The Morgan fingerprint density at radius 3 is 3.00 bits per heavy atom. The van der Waals surface area contributed by atoms with Crippen molar-refractivity contribution in [2.45, 2.75) is 25.3 Å². The van der Waals surface area contributed by atoms with Crippen LogP contribution in [0.25, 0.3) is 0 Å². The summed E-state index contributed by atoms with van der Waals surface area (Å²) in [6.45, 7) is 1.45. The molecule has 6 nitrogen and oxygen atoms in total. The van der Waals surface area contributed by atoms with E-state index in [1.54, 1.807) is 13.1 Å². The van der Waals surface area contributed by atoms with E-state index in [2.05, 4.69) is 31.2 Å². The topological polar surface area (TPSA) is 67.2 Å². The number of hydrogen-bond donors (Lipinski definition) is 1. The molecular weight excluding hydrogens is 392 g/mol. The van der Waals surface area contributed by atoms with E-state index >= 15 is 0 Å². The van der Waals surface area contributed by atoms with E-state index in [0.717, 1.165) is 36.1 Å². The van der Waals surface area contributed by atoms with Gasteiger partial charge in [0, 0.05) is 42.1 Å². The van der Waals surface area contributed by atoms with E-state index in [4.69, 9.17) is 0 Å². The number of nitrogens with zero attached hydrogens (tertiary/aromatic N) is 3. The predicted molar refractivity (Wildman–Crippen MR) is 98.8 cm³/mol. The minimum absolute atomic E-state index is 0.0513. The molecule has 0 aromatic carbocycles. The molecule has 1 fully saturated rings. The number of anilines is 1.